The second-order valence-electron chi connectivity index (χ2n) is 5.41. The van der Waals surface area contributed by atoms with Crippen molar-refractivity contribution in [2.24, 2.45) is 11.3 Å². The van der Waals surface area contributed by atoms with Gasteiger partial charge in [-0.1, -0.05) is 27.7 Å². The van der Waals surface area contributed by atoms with Gasteiger partial charge in [0, 0.05) is 11.9 Å². The standard InChI is InChI=1S/C13H22N2O2S/c1-6-17-11(16)10-8-18-12(15-10)14-7-9(2)13(3,4)5/h8-9H,6-7H2,1-5H3,(H,14,15). The molecule has 0 fully saturated rings. The summed E-state index contributed by atoms with van der Waals surface area (Å²) in [5, 5.41) is 5.76. The third-order valence-corrected chi connectivity index (χ3v) is 3.83. The molecule has 102 valence electrons. The molecule has 0 aliphatic rings. The van der Waals surface area contributed by atoms with E-state index in [1.165, 1.54) is 11.3 Å². The van der Waals surface area contributed by atoms with Crippen molar-refractivity contribution in [3.8, 4) is 0 Å². The van der Waals surface area contributed by atoms with Gasteiger partial charge in [-0.25, -0.2) is 9.78 Å². The predicted molar refractivity (Wildman–Crippen MR) is 75.2 cm³/mol. The number of hydrogen-bond acceptors (Lipinski definition) is 5. The van der Waals surface area contributed by atoms with Crippen LogP contribution >= 0.6 is 11.3 Å². The van der Waals surface area contributed by atoms with Crippen LogP contribution < -0.4 is 5.32 Å². The van der Waals surface area contributed by atoms with Gasteiger partial charge in [-0.2, -0.15) is 0 Å². The number of thiazole rings is 1. The lowest BCUT2D eigenvalue weighted by Gasteiger charge is -2.27. The maximum atomic E-state index is 11.4. The van der Waals surface area contributed by atoms with Crippen LogP contribution in [-0.2, 0) is 4.74 Å². The summed E-state index contributed by atoms with van der Waals surface area (Å²) in [4.78, 5) is 15.7. The highest BCUT2D eigenvalue weighted by atomic mass is 32.1. The Bertz CT molecular complexity index is 396. The minimum Gasteiger partial charge on any atom is -0.461 e. The molecule has 4 nitrogen and oxygen atoms in total. The van der Waals surface area contributed by atoms with Crippen LogP contribution in [0.3, 0.4) is 0 Å². The van der Waals surface area contributed by atoms with E-state index in [1.807, 2.05) is 0 Å². The van der Waals surface area contributed by atoms with Gasteiger partial charge in [0.2, 0.25) is 0 Å². The largest absolute Gasteiger partial charge is 0.461 e. The van der Waals surface area contributed by atoms with Gasteiger partial charge in [-0.15, -0.1) is 11.3 Å². The van der Waals surface area contributed by atoms with E-state index in [1.54, 1.807) is 12.3 Å². The highest BCUT2D eigenvalue weighted by Gasteiger charge is 2.20. The Morgan fingerprint density at radius 3 is 2.78 bits per heavy atom. The van der Waals surface area contributed by atoms with Gasteiger partial charge in [0.15, 0.2) is 10.8 Å². The molecule has 0 radical (unpaired) electrons. The van der Waals surface area contributed by atoms with Gasteiger partial charge in [0.1, 0.15) is 0 Å². The Hall–Kier alpha value is -1.10. The molecule has 0 saturated heterocycles. The fourth-order valence-corrected chi connectivity index (χ4v) is 1.89. The summed E-state index contributed by atoms with van der Waals surface area (Å²) in [7, 11) is 0. The summed E-state index contributed by atoms with van der Waals surface area (Å²) in [6.45, 7) is 11.8. The maximum absolute atomic E-state index is 11.4. The SMILES string of the molecule is CCOC(=O)c1csc(NCC(C)C(C)(C)C)n1. The van der Waals surface area contributed by atoms with Crippen LogP contribution in [0.15, 0.2) is 5.38 Å². The van der Waals surface area contributed by atoms with E-state index in [2.05, 4.69) is 38.0 Å². The van der Waals surface area contributed by atoms with Crippen molar-refractivity contribution in [1.29, 1.82) is 0 Å². The Labute approximate surface area is 113 Å². The molecule has 18 heavy (non-hydrogen) atoms. The molecule has 0 aliphatic heterocycles. The maximum Gasteiger partial charge on any atom is 0.357 e. The van der Waals surface area contributed by atoms with Gasteiger partial charge in [0.05, 0.1) is 6.61 Å². The number of esters is 1. The molecule has 1 atom stereocenters. The molecule has 0 aromatic carbocycles. The van der Waals surface area contributed by atoms with Crippen molar-refractivity contribution in [1.82, 2.24) is 4.98 Å². The van der Waals surface area contributed by atoms with E-state index in [0.29, 0.717) is 18.2 Å². The van der Waals surface area contributed by atoms with E-state index in [9.17, 15) is 4.79 Å². The summed E-state index contributed by atoms with van der Waals surface area (Å²) in [5.41, 5.74) is 0.640. The topological polar surface area (TPSA) is 51.2 Å². The second-order valence-corrected chi connectivity index (χ2v) is 6.26. The third kappa shape index (κ3) is 4.29. The molecule has 0 saturated carbocycles. The molecule has 1 heterocycles. The Morgan fingerprint density at radius 1 is 1.56 bits per heavy atom. The monoisotopic (exact) mass is 270 g/mol. The Kier molecular flexibility index (Phi) is 5.14. The minimum absolute atomic E-state index is 0.258. The van der Waals surface area contributed by atoms with Crippen LogP contribution in [-0.4, -0.2) is 24.1 Å². The van der Waals surface area contributed by atoms with Crippen molar-refractivity contribution in [3.05, 3.63) is 11.1 Å². The first-order chi connectivity index (χ1) is 8.34. The molecule has 0 spiro atoms. The van der Waals surface area contributed by atoms with Gasteiger partial charge in [0.25, 0.3) is 0 Å². The van der Waals surface area contributed by atoms with Gasteiger partial charge in [-0.05, 0) is 18.3 Å². The normalized spacial score (nSPS) is 13.2. The number of carbonyl (C=O) groups excluding carboxylic acids is 1. The third-order valence-electron chi connectivity index (χ3n) is 3.03. The van der Waals surface area contributed by atoms with Crippen molar-refractivity contribution < 1.29 is 9.53 Å². The molecular weight excluding hydrogens is 248 g/mol. The lowest BCUT2D eigenvalue weighted by molar-refractivity contribution is 0.0520. The summed E-state index contributed by atoms with van der Waals surface area (Å²) in [6, 6.07) is 0. The predicted octanol–water partition coefficient (Wildman–Crippen LogP) is 3.41. The van der Waals surface area contributed by atoms with Crippen molar-refractivity contribution in [2.75, 3.05) is 18.5 Å². The van der Waals surface area contributed by atoms with E-state index in [0.717, 1.165) is 11.7 Å². The molecule has 1 N–H and O–H groups in total. The molecule has 1 aromatic heterocycles. The fourth-order valence-electron chi connectivity index (χ4n) is 1.20. The summed E-state index contributed by atoms with van der Waals surface area (Å²) in [6.07, 6.45) is 0. The highest BCUT2D eigenvalue weighted by molar-refractivity contribution is 7.13. The zero-order chi connectivity index (χ0) is 13.8. The molecule has 0 amide bonds. The zero-order valence-corrected chi connectivity index (χ0v) is 12.6. The smallest absolute Gasteiger partial charge is 0.357 e. The van der Waals surface area contributed by atoms with Crippen molar-refractivity contribution in [3.63, 3.8) is 0 Å². The quantitative estimate of drug-likeness (QED) is 0.833. The van der Waals surface area contributed by atoms with E-state index in [-0.39, 0.29) is 11.4 Å². The number of ether oxygens (including phenoxy) is 1. The van der Waals surface area contributed by atoms with E-state index >= 15 is 0 Å². The first-order valence-electron chi connectivity index (χ1n) is 6.21. The molecule has 0 bridgehead atoms. The molecule has 5 heteroatoms. The van der Waals surface area contributed by atoms with Crippen LogP contribution in [0.25, 0.3) is 0 Å². The van der Waals surface area contributed by atoms with Crippen LogP contribution in [0, 0.1) is 11.3 Å². The Balaban J connectivity index is 2.52. The molecule has 1 unspecified atom stereocenters. The average molecular weight is 270 g/mol. The molecule has 1 rings (SSSR count). The van der Waals surface area contributed by atoms with E-state index in [4.69, 9.17) is 4.74 Å². The van der Waals surface area contributed by atoms with Crippen LogP contribution in [0.1, 0.15) is 45.1 Å². The first-order valence-corrected chi connectivity index (χ1v) is 7.09. The van der Waals surface area contributed by atoms with Gasteiger partial charge >= 0.3 is 5.97 Å². The van der Waals surface area contributed by atoms with Crippen LogP contribution in [0.4, 0.5) is 5.13 Å². The number of aromatic nitrogens is 1. The van der Waals surface area contributed by atoms with Crippen molar-refractivity contribution >= 4 is 22.4 Å². The van der Waals surface area contributed by atoms with Crippen LogP contribution in [0.2, 0.25) is 0 Å². The zero-order valence-electron chi connectivity index (χ0n) is 11.7. The Morgan fingerprint density at radius 2 is 2.22 bits per heavy atom. The number of nitrogens with one attached hydrogen (secondary N) is 1. The lowest BCUT2D eigenvalue weighted by Crippen LogP contribution is -2.24. The van der Waals surface area contributed by atoms with Crippen molar-refractivity contribution in [2.45, 2.75) is 34.6 Å². The summed E-state index contributed by atoms with van der Waals surface area (Å²) < 4.78 is 4.90. The molecular formula is C13H22N2O2S. The highest BCUT2D eigenvalue weighted by Crippen LogP contribution is 2.26. The fraction of sp³-hybridized carbons (Fsp3) is 0.692. The van der Waals surface area contributed by atoms with Crippen LogP contribution in [0.5, 0.6) is 0 Å². The number of hydrogen-bond donors (Lipinski definition) is 1. The number of nitrogens with zero attached hydrogens (tertiary/aromatic N) is 1. The average Bonchev–Trinajstić information content (AvgIpc) is 2.73. The number of carbonyl (C=O) groups is 1. The lowest BCUT2D eigenvalue weighted by atomic mass is 9.82. The molecule has 0 aliphatic carbocycles. The number of rotatable bonds is 5. The minimum atomic E-state index is -0.356. The summed E-state index contributed by atoms with van der Waals surface area (Å²) >= 11 is 1.43. The summed E-state index contributed by atoms with van der Waals surface area (Å²) in [5.74, 6) is 0.165. The van der Waals surface area contributed by atoms with Gasteiger partial charge in [-0.3, -0.25) is 0 Å². The van der Waals surface area contributed by atoms with Gasteiger partial charge < -0.3 is 10.1 Å². The first kappa shape index (κ1) is 15.0. The number of anilines is 1. The second kappa shape index (κ2) is 6.18. The molecule has 1 aromatic rings. The van der Waals surface area contributed by atoms with E-state index < -0.39 is 0 Å².